The molecule has 3 aromatic heterocycles. The maximum atomic E-state index is 13.4. The van der Waals surface area contributed by atoms with Gasteiger partial charge in [0.2, 0.25) is 0 Å². The predicted octanol–water partition coefficient (Wildman–Crippen LogP) is 3.93. The maximum Gasteiger partial charge on any atom is 0.341 e. The van der Waals surface area contributed by atoms with Gasteiger partial charge in [-0.05, 0) is 49.9 Å². The summed E-state index contributed by atoms with van der Waals surface area (Å²) in [6.45, 7) is 6.09. The number of esters is 1. The summed E-state index contributed by atoms with van der Waals surface area (Å²) in [6, 6.07) is 16.6. The lowest BCUT2D eigenvalue weighted by Crippen LogP contribution is -2.34. The Hall–Kier alpha value is -4.07. The number of rotatable bonds is 8. The first-order valence-corrected chi connectivity index (χ1v) is 12.3. The van der Waals surface area contributed by atoms with Crippen molar-refractivity contribution in [2.24, 2.45) is 10.9 Å². The number of hydrogen-bond acceptors (Lipinski definition) is 5. The molecule has 0 unspecified atom stereocenters. The fourth-order valence-corrected chi connectivity index (χ4v) is 4.29. The summed E-state index contributed by atoms with van der Waals surface area (Å²) >= 11 is 0. The molecule has 4 rings (SSSR count). The minimum atomic E-state index is -0.637. The van der Waals surface area contributed by atoms with Gasteiger partial charge in [0, 0.05) is 18.7 Å². The molecule has 1 aromatic carbocycles. The molecule has 0 saturated heterocycles. The van der Waals surface area contributed by atoms with Gasteiger partial charge in [-0.2, -0.15) is 4.99 Å². The highest BCUT2D eigenvalue weighted by Crippen LogP contribution is 2.14. The topological polar surface area (TPSA) is 95.0 Å². The maximum absolute atomic E-state index is 13.4. The number of amides is 1. The van der Waals surface area contributed by atoms with Crippen LogP contribution in [-0.2, 0) is 22.5 Å². The Labute approximate surface area is 208 Å². The smallest absolute Gasteiger partial charge is 0.341 e. The van der Waals surface area contributed by atoms with Crippen LogP contribution in [0.4, 0.5) is 0 Å². The summed E-state index contributed by atoms with van der Waals surface area (Å²) < 4.78 is 8.45. The fraction of sp³-hybridized carbons (Fsp3) is 0.321. The Balaban J connectivity index is 2.07. The van der Waals surface area contributed by atoms with Crippen LogP contribution in [0.5, 0.6) is 0 Å². The molecule has 0 N–H and O–H groups in total. The van der Waals surface area contributed by atoms with Crippen LogP contribution in [0.3, 0.4) is 0 Å². The van der Waals surface area contributed by atoms with Crippen LogP contribution in [0.1, 0.15) is 49.5 Å². The van der Waals surface area contributed by atoms with Crippen molar-refractivity contribution < 1.29 is 14.3 Å². The molecule has 3 heterocycles. The van der Waals surface area contributed by atoms with Crippen LogP contribution in [0.25, 0.3) is 16.7 Å². The van der Waals surface area contributed by atoms with Gasteiger partial charge in [-0.15, -0.1) is 0 Å². The largest absolute Gasteiger partial charge is 0.462 e. The third-order valence-corrected chi connectivity index (χ3v) is 6.30. The third kappa shape index (κ3) is 4.98. The number of pyridine rings is 2. The first-order valence-electron chi connectivity index (χ1n) is 12.3. The number of aryl methyl sites for hydroxylation is 2. The number of hydrogen-bond donors (Lipinski definition) is 0. The molecule has 0 atom stereocenters. The van der Waals surface area contributed by atoms with Gasteiger partial charge in [-0.25, -0.2) is 9.78 Å². The van der Waals surface area contributed by atoms with E-state index >= 15 is 0 Å². The molecule has 8 nitrogen and oxygen atoms in total. The summed E-state index contributed by atoms with van der Waals surface area (Å²) in [5.74, 6) is -1.22. The van der Waals surface area contributed by atoms with E-state index in [2.05, 4.69) is 4.99 Å². The number of nitrogens with zero attached hydrogens (tertiary/aromatic N) is 4. The van der Waals surface area contributed by atoms with Gasteiger partial charge in [-0.3, -0.25) is 14.0 Å². The second-order valence-electron chi connectivity index (χ2n) is 8.54. The highest BCUT2D eigenvalue weighted by molar-refractivity contribution is 5.93. The average molecular weight is 487 g/mol. The minimum absolute atomic E-state index is 0.0755. The van der Waals surface area contributed by atoms with Crippen LogP contribution in [0.15, 0.2) is 70.6 Å². The van der Waals surface area contributed by atoms with Gasteiger partial charge in [0.15, 0.2) is 5.49 Å². The molecule has 36 heavy (non-hydrogen) atoms. The second kappa shape index (κ2) is 11.1. The van der Waals surface area contributed by atoms with E-state index in [1.165, 1.54) is 10.5 Å². The van der Waals surface area contributed by atoms with E-state index in [0.717, 1.165) is 5.56 Å². The molecule has 0 aliphatic carbocycles. The molecule has 0 bridgehead atoms. The summed E-state index contributed by atoms with van der Waals surface area (Å²) in [6.07, 6.45) is 3.49. The molecule has 0 saturated carbocycles. The third-order valence-electron chi connectivity index (χ3n) is 6.30. The molecule has 0 spiro atoms. The minimum Gasteiger partial charge on any atom is -0.462 e. The van der Waals surface area contributed by atoms with Crippen LogP contribution in [-0.4, -0.2) is 32.4 Å². The molecular weight excluding hydrogens is 456 g/mol. The molecule has 0 fully saturated rings. The number of carbonyl (C=O) groups excluding carboxylic acids is 2. The summed E-state index contributed by atoms with van der Waals surface area (Å²) in [4.78, 5) is 48.8. The normalized spacial score (nSPS) is 11.9. The predicted molar refractivity (Wildman–Crippen MR) is 138 cm³/mol. The van der Waals surface area contributed by atoms with Crippen molar-refractivity contribution in [1.29, 1.82) is 0 Å². The van der Waals surface area contributed by atoms with E-state index in [1.54, 1.807) is 35.9 Å². The molecule has 1 amide bonds. The van der Waals surface area contributed by atoms with E-state index in [9.17, 15) is 14.4 Å². The number of carbonyl (C=O) groups is 2. The zero-order valence-electron chi connectivity index (χ0n) is 20.8. The number of aromatic nitrogens is 3. The molecular formula is C28H30N4O4. The monoisotopic (exact) mass is 486 g/mol. The highest BCUT2D eigenvalue weighted by Gasteiger charge is 2.21. The molecule has 0 aliphatic rings. The van der Waals surface area contributed by atoms with Gasteiger partial charge in [0.25, 0.3) is 11.5 Å². The Morgan fingerprint density at radius 3 is 2.44 bits per heavy atom. The Morgan fingerprint density at radius 1 is 1.03 bits per heavy atom. The molecule has 0 aliphatic heterocycles. The van der Waals surface area contributed by atoms with E-state index < -0.39 is 5.97 Å². The summed E-state index contributed by atoms with van der Waals surface area (Å²) in [5.41, 5.74) is 1.82. The average Bonchev–Trinajstić information content (AvgIpc) is 2.89. The molecule has 186 valence electrons. The molecule has 0 radical (unpaired) electrons. The van der Waals surface area contributed by atoms with Crippen LogP contribution in [0.2, 0.25) is 0 Å². The lowest BCUT2D eigenvalue weighted by atomic mass is 10.0. The Kier molecular flexibility index (Phi) is 7.73. The standard InChI is InChI=1S/C28H30N4O4/c1-4-20(5-2)26(33)30-25-22(28(35)36-6-3)18-21-24(29-23-14-10-11-16-31(23)27(21)34)32(25)17-15-19-12-8-7-9-13-19/h7-14,16,18,20H,4-6,15,17H2,1-3H3. The zero-order chi connectivity index (χ0) is 25.7. The van der Waals surface area contributed by atoms with Crippen LogP contribution in [0, 0.1) is 5.92 Å². The van der Waals surface area contributed by atoms with Crippen molar-refractivity contribution in [2.45, 2.75) is 46.6 Å². The van der Waals surface area contributed by atoms with E-state index in [4.69, 9.17) is 9.72 Å². The van der Waals surface area contributed by atoms with Gasteiger partial charge in [0.05, 0.1) is 12.0 Å². The van der Waals surface area contributed by atoms with Crippen molar-refractivity contribution in [3.05, 3.63) is 87.8 Å². The molecule has 4 aromatic rings. The van der Waals surface area contributed by atoms with Crippen LogP contribution >= 0.6 is 0 Å². The van der Waals surface area contributed by atoms with Crippen LogP contribution < -0.4 is 11.0 Å². The molecule has 8 heteroatoms. The van der Waals surface area contributed by atoms with Gasteiger partial charge in [0.1, 0.15) is 16.9 Å². The lowest BCUT2D eigenvalue weighted by molar-refractivity contribution is -0.122. The number of ether oxygens (including phenoxy) is 1. The van der Waals surface area contributed by atoms with Gasteiger partial charge < -0.3 is 9.30 Å². The summed E-state index contributed by atoms with van der Waals surface area (Å²) in [5, 5.41) is 0.253. The van der Waals surface area contributed by atoms with Crippen molar-refractivity contribution >= 4 is 28.6 Å². The van der Waals surface area contributed by atoms with Gasteiger partial charge >= 0.3 is 5.97 Å². The Morgan fingerprint density at radius 2 is 1.75 bits per heavy atom. The van der Waals surface area contributed by atoms with Crippen molar-refractivity contribution in [1.82, 2.24) is 14.0 Å². The van der Waals surface area contributed by atoms with Crippen molar-refractivity contribution in [2.75, 3.05) is 6.61 Å². The summed E-state index contributed by atoms with van der Waals surface area (Å²) in [7, 11) is 0. The fourth-order valence-electron chi connectivity index (χ4n) is 4.29. The quantitative estimate of drug-likeness (QED) is 0.278. The number of benzene rings is 1. The SMILES string of the molecule is CCOC(=O)c1cc2c(=O)n3ccccc3nc2n(CCc2ccccc2)c1=NC(=O)C(CC)CC. The van der Waals surface area contributed by atoms with Gasteiger partial charge in [-0.1, -0.05) is 50.2 Å². The van der Waals surface area contributed by atoms with E-state index in [-0.39, 0.29) is 40.4 Å². The first kappa shape index (κ1) is 25.0. The van der Waals surface area contributed by atoms with Crippen molar-refractivity contribution in [3.8, 4) is 0 Å². The highest BCUT2D eigenvalue weighted by atomic mass is 16.5. The van der Waals surface area contributed by atoms with Crippen molar-refractivity contribution in [3.63, 3.8) is 0 Å². The second-order valence-corrected chi connectivity index (χ2v) is 8.54. The number of fused-ring (bicyclic) bond motifs is 2. The zero-order valence-corrected chi connectivity index (χ0v) is 20.8. The Bertz CT molecular complexity index is 1530. The lowest BCUT2D eigenvalue weighted by Gasteiger charge is -2.16. The van der Waals surface area contributed by atoms with E-state index in [0.29, 0.717) is 37.1 Å². The van der Waals surface area contributed by atoms with E-state index in [1.807, 2.05) is 44.2 Å². The first-order chi connectivity index (χ1) is 17.5.